The van der Waals surface area contributed by atoms with Gasteiger partial charge in [0, 0.05) is 42.7 Å². The standard InChI is InChI=1S/C25H32N2O3/c1-3-27(23-11-7-9-18-8-5-6-10-22(18)23)21-16-20(17-21)24(28)26-14-12-19(13-15-26)25(29)30-4-2/h5-11,19-21H,3-4,12-17H2,1-2H3. The van der Waals surface area contributed by atoms with E-state index >= 15 is 0 Å². The summed E-state index contributed by atoms with van der Waals surface area (Å²) in [6, 6.07) is 15.4. The van der Waals surface area contributed by atoms with Gasteiger partial charge in [0.05, 0.1) is 12.5 Å². The molecule has 160 valence electrons. The van der Waals surface area contributed by atoms with Crippen LogP contribution in [0.5, 0.6) is 0 Å². The highest BCUT2D eigenvalue weighted by Gasteiger charge is 2.41. The number of anilines is 1. The number of amides is 1. The zero-order chi connectivity index (χ0) is 21.1. The average Bonchev–Trinajstić information content (AvgIpc) is 2.75. The van der Waals surface area contributed by atoms with E-state index in [1.807, 2.05) is 11.8 Å². The molecule has 0 bridgehead atoms. The molecule has 0 spiro atoms. The number of likely N-dealkylation sites (tertiary alicyclic amines) is 1. The average molecular weight is 409 g/mol. The van der Waals surface area contributed by atoms with Crippen molar-refractivity contribution in [1.82, 2.24) is 4.90 Å². The molecule has 2 aromatic rings. The van der Waals surface area contributed by atoms with Crippen LogP contribution >= 0.6 is 0 Å². The van der Waals surface area contributed by atoms with E-state index in [1.165, 1.54) is 16.5 Å². The maximum atomic E-state index is 13.0. The molecule has 0 unspecified atom stereocenters. The summed E-state index contributed by atoms with van der Waals surface area (Å²) in [5.74, 6) is 0.216. The summed E-state index contributed by atoms with van der Waals surface area (Å²) in [4.78, 5) is 29.3. The van der Waals surface area contributed by atoms with Gasteiger partial charge in [-0.05, 0) is 51.0 Å². The molecule has 5 heteroatoms. The Kier molecular flexibility index (Phi) is 6.26. The first kappa shape index (κ1) is 20.7. The fourth-order valence-electron chi connectivity index (χ4n) is 4.98. The summed E-state index contributed by atoms with van der Waals surface area (Å²) in [5, 5.41) is 2.53. The lowest BCUT2D eigenvalue weighted by molar-refractivity contribution is -0.152. The van der Waals surface area contributed by atoms with Crippen LogP contribution in [0.2, 0.25) is 0 Å². The second kappa shape index (κ2) is 9.07. The third kappa shape index (κ3) is 4.03. The van der Waals surface area contributed by atoms with Gasteiger partial charge in [0.15, 0.2) is 0 Å². The predicted octanol–water partition coefficient (Wildman–Crippen LogP) is 4.25. The number of ether oxygens (including phenoxy) is 1. The molecule has 0 radical (unpaired) electrons. The Bertz CT molecular complexity index is 893. The minimum absolute atomic E-state index is 0.0508. The summed E-state index contributed by atoms with van der Waals surface area (Å²) in [7, 11) is 0. The lowest BCUT2D eigenvalue weighted by Crippen LogP contribution is -2.52. The summed E-state index contributed by atoms with van der Waals surface area (Å²) < 4.78 is 5.13. The largest absolute Gasteiger partial charge is 0.466 e. The van der Waals surface area contributed by atoms with Gasteiger partial charge in [-0.2, -0.15) is 0 Å². The SMILES string of the molecule is CCOC(=O)C1CCN(C(=O)C2CC(N(CC)c3cccc4ccccc34)C2)CC1. The Morgan fingerprint density at radius 3 is 2.40 bits per heavy atom. The van der Waals surface area contributed by atoms with Crippen molar-refractivity contribution in [3.8, 4) is 0 Å². The summed E-state index contributed by atoms with van der Waals surface area (Å²) in [5.41, 5.74) is 1.27. The normalized spacial score (nSPS) is 21.9. The lowest BCUT2D eigenvalue weighted by atomic mass is 9.77. The molecule has 1 aliphatic carbocycles. The minimum atomic E-state index is -0.109. The Morgan fingerprint density at radius 1 is 1.00 bits per heavy atom. The molecule has 30 heavy (non-hydrogen) atoms. The van der Waals surface area contributed by atoms with Crippen LogP contribution in [0.25, 0.3) is 10.8 Å². The summed E-state index contributed by atoms with van der Waals surface area (Å²) in [6.45, 7) is 6.73. The monoisotopic (exact) mass is 408 g/mol. The van der Waals surface area contributed by atoms with Crippen LogP contribution in [-0.2, 0) is 14.3 Å². The van der Waals surface area contributed by atoms with Gasteiger partial charge < -0.3 is 14.5 Å². The van der Waals surface area contributed by atoms with Crippen molar-refractivity contribution >= 4 is 28.3 Å². The van der Waals surface area contributed by atoms with Gasteiger partial charge in [-0.1, -0.05) is 36.4 Å². The van der Waals surface area contributed by atoms with E-state index in [2.05, 4.69) is 54.3 Å². The number of carbonyl (C=O) groups is 2. The molecule has 0 atom stereocenters. The first-order valence-electron chi connectivity index (χ1n) is 11.3. The van der Waals surface area contributed by atoms with Crippen molar-refractivity contribution in [3.05, 3.63) is 42.5 Å². The Hall–Kier alpha value is -2.56. The van der Waals surface area contributed by atoms with E-state index in [9.17, 15) is 9.59 Å². The van der Waals surface area contributed by atoms with Gasteiger partial charge in [-0.3, -0.25) is 9.59 Å². The first-order chi connectivity index (χ1) is 14.6. The molecule has 1 saturated carbocycles. The van der Waals surface area contributed by atoms with E-state index in [0.29, 0.717) is 25.7 Å². The van der Waals surface area contributed by atoms with Crippen LogP contribution in [-0.4, -0.2) is 49.1 Å². The number of rotatable bonds is 6. The molecule has 1 amide bonds. The van der Waals surface area contributed by atoms with Crippen LogP contribution < -0.4 is 4.90 Å². The van der Waals surface area contributed by atoms with Crippen molar-refractivity contribution in [2.45, 2.75) is 45.6 Å². The van der Waals surface area contributed by atoms with Crippen LogP contribution in [0.3, 0.4) is 0 Å². The fraction of sp³-hybridized carbons (Fsp3) is 0.520. The number of fused-ring (bicyclic) bond motifs is 1. The molecule has 1 aliphatic heterocycles. The van der Waals surface area contributed by atoms with Crippen molar-refractivity contribution in [1.29, 1.82) is 0 Å². The number of nitrogens with zero attached hydrogens (tertiary/aromatic N) is 2. The van der Waals surface area contributed by atoms with E-state index < -0.39 is 0 Å². The van der Waals surface area contributed by atoms with Crippen LogP contribution in [0, 0.1) is 11.8 Å². The molecule has 2 aromatic carbocycles. The maximum absolute atomic E-state index is 13.0. The predicted molar refractivity (Wildman–Crippen MR) is 119 cm³/mol. The fourth-order valence-corrected chi connectivity index (χ4v) is 4.98. The lowest BCUT2D eigenvalue weighted by Gasteiger charge is -2.45. The van der Waals surface area contributed by atoms with Crippen LogP contribution in [0.1, 0.15) is 39.5 Å². The van der Waals surface area contributed by atoms with Crippen molar-refractivity contribution in [2.75, 3.05) is 31.1 Å². The number of carbonyl (C=O) groups excluding carboxylic acids is 2. The van der Waals surface area contributed by atoms with Gasteiger partial charge in [0.2, 0.25) is 5.91 Å². The van der Waals surface area contributed by atoms with Crippen LogP contribution in [0.4, 0.5) is 5.69 Å². The molecule has 0 N–H and O–H groups in total. The van der Waals surface area contributed by atoms with E-state index in [4.69, 9.17) is 4.74 Å². The summed E-state index contributed by atoms with van der Waals surface area (Å²) >= 11 is 0. The van der Waals surface area contributed by atoms with Crippen molar-refractivity contribution in [2.24, 2.45) is 11.8 Å². The van der Waals surface area contributed by atoms with Gasteiger partial charge in [0.25, 0.3) is 0 Å². The molecule has 2 fully saturated rings. The van der Waals surface area contributed by atoms with Gasteiger partial charge in [-0.25, -0.2) is 0 Å². The van der Waals surface area contributed by atoms with Gasteiger partial charge in [0.1, 0.15) is 0 Å². The Morgan fingerprint density at radius 2 is 1.70 bits per heavy atom. The Balaban J connectivity index is 1.35. The van der Waals surface area contributed by atoms with Crippen molar-refractivity contribution < 1.29 is 14.3 Å². The highest BCUT2D eigenvalue weighted by molar-refractivity contribution is 5.94. The molecular weight excluding hydrogens is 376 g/mol. The van der Waals surface area contributed by atoms with E-state index in [-0.39, 0.29) is 23.7 Å². The maximum Gasteiger partial charge on any atom is 0.309 e. The summed E-state index contributed by atoms with van der Waals surface area (Å²) in [6.07, 6.45) is 3.26. The number of esters is 1. The van der Waals surface area contributed by atoms with Gasteiger partial charge in [-0.15, -0.1) is 0 Å². The molecule has 0 aromatic heterocycles. The quantitative estimate of drug-likeness (QED) is 0.671. The molecule has 1 saturated heterocycles. The molecular formula is C25H32N2O3. The molecule has 4 rings (SSSR count). The zero-order valence-electron chi connectivity index (χ0n) is 18.0. The second-order valence-corrected chi connectivity index (χ2v) is 8.46. The molecule has 5 nitrogen and oxygen atoms in total. The Labute approximate surface area is 179 Å². The van der Waals surface area contributed by atoms with Crippen LogP contribution in [0.15, 0.2) is 42.5 Å². The number of benzene rings is 2. The number of hydrogen-bond donors (Lipinski definition) is 0. The highest BCUT2D eigenvalue weighted by Crippen LogP contribution is 2.38. The van der Waals surface area contributed by atoms with E-state index in [0.717, 1.165) is 32.2 Å². The highest BCUT2D eigenvalue weighted by atomic mass is 16.5. The first-order valence-corrected chi connectivity index (χ1v) is 11.3. The second-order valence-electron chi connectivity index (χ2n) is 8.46. The molecule has 1 heterocycles. The number of piperidine rings is 1. The van der Waals surface area contributed by atoms with Gasteiger partial charge >= 0.3 is 5.97 Å². The minimum Gasteiger partial charge on any atom is -0.466 e. The van der Waals surface area contributed by atoms with Crippen molar-refractivity contribution in [3.63, 3.8) is 0 Å². The third-order valence-electron chi connectivity index (χ3n) is 6.75. The topological polar surface area (TPSA) is 49.9 Å². The number of hydrogen-bond acceptors (Lipinski definition) is 4. The smallest absolute Gasteiger partial charge is 0.309 e. The zero-order valence-corrected chi connectivity index (χ0v) is 18.0. The molecule has 2 aliphatic rings. The third-order valence-corrected chi connectivity index (χ3v) is 6.75. The van der Waals surface area contributed by atoms with E-state index in [1.54, 1.807) is 0 Å².